The van der Waals surface area contributed by atoms with Gasteiger partial charge in [0.1, 0.15) is 19.6 Å². The van der Waals surface area contributed by atoms with Crippen molar-refractivity contribution in [2.45, 2.75) is 12.7 Å². The fraction of sp³-hybridized carbons (Fsp3) is 0.500. The van der Waals surface area contributed by atoms with Gasteiger partial charge in [0.15, 0.2) is 0 Å². The van der Waals surface area contributed by atoms with Crippen LogP contribution in [0, 0.1) is 0 Å². The van der Waals surface area contributed by atoms with Crippen LogP contribution in [-0.4, -0.2) is 26.3 Å². The van der Waals surface area contributed by atoms with Crippen molar-refractivity contribution in [1.29, 1.82) is 0 Å². The third-order valence-electron chi connectivity index (χ3n) is 2.94. The predicted molar refractivity (Wildman–Crippen MR) is 56.7 cm³/mol. The molecule has 0 spiro atoms. The summed E-state index contributed by atoms with van der Waals surface area (Å²) in [7, 11) is 0. The number of alkyl halides is 3. The summed E-state index contributed by atoms with van der Waals surface area (Å²) in [4.78, 5) is 1.36. The summed E-state index contributed by atoms with van der Waals surface area (Å²) in [6.45, 7) is 4.06. The van der Waals surface area contributed by atoms with Crippen LogP contribution >= 0.6 is 0 Å². The van der Waals surface area contributed by atoms with E-state index in [1.165, 1.54) is 4.90 Å². The second-order valence-electron chi connectivity index (χ2n) is 4.23. The van der Waals surface area contributed by atoms with Crippen LogP contribution in [0.4, 0.5) is 13.2 Å². The third-order valence-corrected chi connectivity index (χ3v) is 2.94. The summed E-state index contributed by atoms with van der Waals surface area (Å²) in [5.74, 6) is 0. The molecular weight excluding hydrogens is 231 g/mol. The zero-order valence-corrected chi connectivity index (χ0v) is 9.39. The number of ether oxygens (including phenoxy) is 1. The lowest BCUT2D eigenvalue weighted by atomic mass is 10.1. The van der Waals surface area contributed by atoms with E-state index in [9.17, 15) is 13.2 Å². The molecule has 1 aromatic rings. The minimum atomic E-state index is -4.25. The normalized spacial score (nSPS) is 18.3. The second kappa shape index (κ2) is 5.06. The van der Waals surface area contributed by atoms with Crippen molar-refractivity contribution in [3.8, 4) is 0 Å². The first-order valence-electron chi connectivity index (χ1n) is 5.63. The Labute approximate surface area is 98.0 Å². The molecule has 0 amide bonds. The Morgan fingerprint density at radius 3 is 2.18 bits per heavy atom. The first kappa shape index (κ1) is 12.4. The number of rotatable bonds is 2. The molecule has 0 bridgehead atoms. The summed E-state index contributed by atoms with van der Waals surface area (Å²) < 4.78 is 42.3. The lowest BCUT2D eigenvalue weighted by Crippen LogP contribution is -3.12. The first-order chi connectivity index (χ1) is 8.05. The topological polar surface area (TPSA) is 13.7 Å². The van der Waals surface area contributed by atoms with E-state index in [4.69, 9.17) is 4.74 Å². The van der Waals surface area contributed by atoms with E-state index in [0.717, 1.165) is 50.5 Å². The molecule has 0 radical (unpaired) electrons. The lowest BCUT2D eigenvalue weighted by Gasteiger charge is -2.23. The van der Waals surface area contributed by atoms with Crippen LogP contribution in [0.2, 0.25) is 0 Å². The predicted octanol–water partition coefficient (Wildman–Crippen LogP) is 1.12. The van der Waals surface area contributed by atoms with Crippen molar-refractivity contribution in [2.75, 3.05) is 26.3 Å². The molecule has 1 aliphatic rings. The van der Waals surface area contributed by atoms with Crippen molar-refractivity contribution >= 4 is 0 Å². The third kappa shape index (κ3) is 3.44. The molecular formula is C12H15F3NO+. The number of hydrogen-bond acceptors (Lipinski definition) is 1. The molecule has 2 rings (SSSR count). The molecule has 0 aliphatic carbocycles. The van der Waals surface area contributed by atoms with Crippen LogP contribution in [0.1, 0.15) is 11.1 Å². The van der Waals surface area contributed by atoms with Gasteiger partial charge in [0.2, 0.25) is 0 Å². The van der Waals surface area contributed by atoms with E-state index in [2.05, 4.69) is 0 Å². The van der Waals surface area contributed by atoms with Gasteiger partial charge in [0.05, 0.1) is 18.8 Å². The van der Waals surface area contributed by atoms with Gasteiger partial charge >= 0.3 is 6.18 Å². The summed E-state index contributed by atoms with van der Waals surface area (Å²) in [5, 5.41) is 0. The minimum Gasteiger partial charge on any atom is -0.370 e. The number of nitrogens with one attached hydrogen (secondary N) is 1. The van der Waals surface area contributed by atoms with E-state index < -0.39 is 11.7 Å². The Balaban J connectivity index is 1.98. The number of hydrogen-bond donors (Lipinski definition) is 1. The van der Waals surface area contributed by atoms with Gasteiger partial charge < -0.3 is 9.64 Å². The molecule has 1 aliphatic heterocycles. The summed E-state index contributed by atoms with van der Waals surface area (Å²) >= 11 is 0. The zero-order chi connectivity index (χ0) is 12.3. The summed E-state index contributed by atoms with van der Waals surface area (Å²) in [6, 6.07) is 5.42. The zero-order valence-electron chi connectivity index (χ0n) is 9.39. The lowest BCUT2D eigenvalue weighted by molar-refractivity contribution is -0.921. The van der Waals surface area contributed by atoms with Gasteiger partial charge in [-0.05, 0) is 12.1 Å². The number of halogens is 3. The van der Waals surface area contributed by atoms with Gasteiger partial charge in [-0.2, -0.15) is 13.2 Å². The highest BCUT2D eigenvalue weighted by atomic mass is 19.4. The number of benzene rings is 1. The fourth-order valence-electron chi connectivity index (χ4n) is 1.94. The van der Waals surface area contributed by atoms with Crippen LogP contribution in [0.5, 0.6) is 0 Å². The second-order valence-corrected chi connectivity index (χ2v) is 4.23. The monoisotopic (exact) mass is 246 g/mol. The maximum absolute atomic E-state index is 12.4. The molecule has 1 heterocycles. The SMILES string of the molecule is FC(F)(F)c1ccc(C[NH+]2CCOCC2)cc1. The quantitative estimate of drug-likeness (QED) is 0.825. The van der Waals surface area contributed by atoms with Gasteiger partial charge in [-0.25, -0.2) is 0 Å². The van der Waals surface area contributed by atoms with E-state index in [0.29, 0.717) is 0 Å². The summed E-state index contributed by atoms with van der Waals surface area (Å²) in [6.07, 6.45) is -4.25. The highest BCUT2D eigenvalue weighted by Crippen LogP contribution is 2.28. The first-order valence-corrected chi connectivity index (χ1v) is 5.63. The van der Waals surface area contributed by atoms with Crippen LogP contribution < -0.4 is 4.90 Å². The average molecular weight is 246 g/mol. The van der Waals surface area contributed by atoms with E-state index in [-0.39, 0.29) is 0 Å². The molecule has 94 valence electrons. The summed E-state index contributed by atoms with van der Waals surface area (Å²) in [5.41, 5.74) is 0.355. The van der Waals surface area contributed by atoms with Gasteiger partial charge in [0, 0.05) is 5.56 Å². The molecule has 1 saturated heterocycles. The molecule has 0 atom stereocenters. The van der Waals surface area contributed by atoms with Gasteiger partial charge in [0.25, 0.3) is 0 Å². The van der Waals surface area contributed by atoms with Crippen LogP contribution in [0.3, 0.4) is 0 Å². The molecule has 1 fully saturated rings. The molecule has 17 heavy (non-hydrogen) atoms. The maximum atomic E-state index is 12.4. The van der Waals surface area contributed by atoms with Crippen LogP contribution in [-0.2, 0) is 17.5 Å². The Bertz CT molecular complexity index is 355. The molecule has 1 N–H and O–H groups in total. The van der Waals surface area contributed by atoms with Crippen molar-refractivity contribution < 1.29 is 22.8 Å². The van der Waals surface area contributed by atoms with Gasteiger partial charge in [-0.3, -0.25) is 0 Å². The molecule has 1 aromatic carbocycles. The molecule has 0 aromatic heterocycles. The smallest absolute Gasteiger partial charge is 0.370 e. The average Bonchev–Trinajstić information content (AvgIpc) is 2.30. The number of quaternary nitrogens is 1. The highest BCUT2D eigenvalue weighted by molar-refractivity contribution is 5.23. The molecule has 0 unspecified atom stereocenters. The van der Waals surface area contributed by atoms with Gasteiger partial charge in [-0.1, -0.05) is 12.1 Å². The number of morpholine rings is 1. The van der Waals surface area contributed by atoms with Crippen LogP contribution in [0.15, 0.2) is 24.3 Å². The Morgan fingerprint density at radius 2 is 1.65 bits per heavy atom. The van der Waals surface area contributed by atoms with E-state index >= 15 is 0 Å². The van der Waals surface area contributed by atoms with Crippen molar-refractivity contribution in [2.24, 2.45) is 0 Å². The van der Waals surface area contributed by atoms with E-state index in [1.807, 2.05) is 0 Å². The largest absolute Gasteiger partial charge is 0.416 e. The molecule has 5 heteroatoms. The fourth-order valence-corrected chi connectivity index (χ4v) is 1.94. The Kier molecular flexibility index (Phi) is 3.69. The maximum Gasteiger partial charge on any atom is 0.416 e. The standard InChI is InChI=1S/C12H14F3NO/c13-12(14,15)11-3-1-10(2-4-11)9-16-5-7-17-8-6-16/h1-4H,5-9H2/p+1. The Hall–Kier alpha value is -1.07. The van der Waals surface area contributed by atoms with E-state index in [1.54, 1.807) is 12.1 Å². The van der Waals surface area contributed by atoms with Crippen molar-refractivity contribution in [3.05, 3.63) is 35.4 Å². The van der Waals surface area contributed by atoms with Crippen molar-refractivity contribution in [3.63, 3.8) is 0 Å². The van der Waals surface area contributed by atoms with Gasteiger partial charge in [-0.15, -0.1) is 0 Å². The highest BCUT2D eigenvalue weighted by Gasteiger charge is 2.30. The van der Waals surface area contributed by atoms with Crippen LogP contribution in [0.25, 0.3) is 0 Å². The minimum absolute atomic E-state index is 0.585. The molecule has 2 nitrogen and oxygen atoms in total. The Morgan fingerprint density at radius 1 is 1.06 bits per heavy atom. The van der Waals surface area contributed by atoms with Crippen molar-refractivity contribution in [1.82, 2.24) is 0 Å². The molecule has 0 saturated carbocycles.